The van der Waals surface area contributed by atoms with Crippen molar-refractivity contribution >= 4 is 55.8 Å². The maximum absolute atomic E-state index is 12.7. The number of aliphatic hydroxyl groups is 2. The normalized spacial score (nSPS) is 16.0. The molecule has 0 heterocycles. The second kappa shape index (κ2) is 8.14. The predicted octanol–water partition coefficient (Wildman–Crippen LogP) is 1.86. The number of rotatable bonds is 6. The number of amides is 1. The van der Waals surface area contributed by atoms with Crippen molar-refractivity contribution in [2.24, 2.45) is 0 Å². The van der Waals surface area contributed by atoms with E-state index in [1.165, 1.54) is 6.92 Å². The first-order valence-electron chi connectivity index (χ1n) is 6.87. The van der Waals surface area contributed by atoms with Crippen LogP contribution in [0, 0.1) is 3.57 Å². The van der Waals surface area contributed by atoms with E-state index in [9.17, 15) is 31.5 Å². The highest BCUT2D eigenvalue weighted by molar-refractivity contribution is 14.1. The Kier molecular flexibility index (Phi) is 7.32. The SMILES string of the molecule is C[C@@H](O)CNS(=O)(=O)c1ccc(NC(=O)[C@@](C)(O)C(F)(F)F)c(Cl)c1I. The maximum Gasteiger partial charge on any atom is 0.426 e. The van der Waals surface area contributed by atoms with Gasteiger partial charge in [0.05, 0.1) is 25.3 Å². The standard InChI is InChI=1S/C13H15ClF3IN2O5S/c1-6(21)5-19-26(24,25)8-4-3-7(9(14)10(8)18)20-11(22)12(2,23)13(15,16)17/h3-4,6,19,21,23H,5H2,1-2H3,(H,20,22)/t6-,12-/m1/s1. The van der Waals surface area contributed by atoms with Gasteiger partial charge in [0, 0.05) is 6.54 Å². The lowest BCUT2D eigenvalue weighted by atomic mass is 10.1. The van der Waals surface area contributed by atoms with Crippen LogP contribution in [-0.2, 0) is 14.8 Å². The Hall–Kier alpha value is -0.670. The summed E-state index contributed by atoms with van der Waals surface area (Å²) in [5.74, 6) is -1.77. The molecule has 0 radical (unpaired) electrons. The number of benzene rings is 1. The molecule has 0 spiro atoms. The molecule has 0 aliphatic carbocycles. The zero-order valence-electron chi connectivity index (χ0n) is 13.4. The molecule has 0 aromatic heterocycles. The van der Waals surface area contributed by atoms with Crippen molar-refractivity contribution in [3.05, 3.63) is 20.7 Å². The van der Waals surface area contributed by atoms with Crippen LogP contribution in [0.3, 0.4) is 0 Å². The Balaban J connectivity index is 3.17. The first-order valence-corrected chi connectivity index (χ1v) is 9.81. The summed E-state index contributed by atoms with van der Waals surface area (Å²) in [5.41, 5.74) is -3.97. The number of aliphatic hydroxyl groups excluding tert-OH is 1. The van der Waals surface area contributed by atoms with Crippen LogP contribution in [0.2, 0.25) is 5.02 Å². The van der Waals surface area contributed by atoms with E-state index in [1.807, 2.05) is 5.32 Å². The lowest BCUT2D eigenvalue weighted by Gasteiger charge is -2.25. The Bertz CT molecular complexity index is 800. The smallest absolute Gasteiger partial charge is 0.392 e. The third-order valence-electron chi connectivity index (χ3n) is 3.15. The van der Waals surface area contributed by atoms with Crippen molar-refractivity contribution in [1.82, 2.24) is 4.72 Å². The second-order valence-electron chi connectivity index (χ2n) is 5.46. The quantitative estimate of drug-likeness (QED) is 0.419. The van der Waals surface area contributed by atoms with Gasteiger partial charge in [0.1, 0.15) is 0 Å². The molecule has 148 valence electrons. The minimum absolute atomic E-state index is 0.0631. The second-order valence-corrected chi connectivity index (χ2v) is 8.66. The van der Waals surface area contributed by atoms with Gasteiger partial charge in [0.25, 0.3) is 5.91 Å². The van der Waals surface area contributed by atoms with Crippen LogP contribution < -0.4 is 10.0 Å². The highest BCUT2D eigenvalue weighted by Crippen LogP contribution is 2.35. The highest BCUT2D eigenvalue weighted by Gasteiger charge is 2.55. The zero-order chi connectivity index (χ0) is 20.5. The third-order valence-corrected chi connectivity index (χ3v) is 6.81. The molecule has 1 rings (SSSR count). The van der Waals surface area contributed by atoms with Crippen molar-refractivity contribution in [1.29, 1.82) is 0 Å². The molecule has 0 unspecified atom stereocenters. The zero-order valence-corrected chi connectivity index (χ0v) is 17.1. The van der Waals surface area contributed by atoms with Gasteiger partial charge in [-0.25, -0.2) is 13.1 Å². The molecule has 1 aromatic carbocycles. The molecule has 2 atom stereocenters. The lowest BCUT2D eigenvalue weighted by molar-refractivity contribution is -0.242. The highest BCUT2D eigenvalue weighted by atomic mass is 127. The van der Waals surface area contributed by atoms with Gasteiger partial charge in [-0.3, -0.25) is 4.79 Å². The number of anilines is 1. The van der Waals surface area contributed by atoms with E-state index >= 15 is 0 Å². The van der Waals surface area contributed by atoms with E-state index < -0.39 is 33.8 Å². The van der Waals surface area contributed by atoms with Crippen LogP contribution in [0.1, 0.15) is 13.8 Å². The molecule has 0 saturated heterocycles. The van der Waals surface area contributed by atoms with Crippen molar-refractivity contribution in [2.75, 3.05) is 11.9 Å². The summed E-state index contributed by atoms with van der Waals surface area (Å²) in [4.78, 5) is 11.4. The van der Waals surface area contributed by atoms with Crippen molar-refractivity contribution in [2.45, 2.75) is 36.6 Å². The van der Waals surface area contributed by atoms with Gasteiger partial charge in [-0.05, 0) is 48.6 Å². The molecular formula is C13H15ClF3IN2O5S. The topological polar surface area (TPSA) is 116 Å². The minimum Gasteiger partial charge on any atom is -0.392 e. The van der Waals surface area contributed by atoms with Gasteiger partial charge >= 0.3 is 6.18 Å². The number of halogens is 5. The minimum atomic E-state index is -5.22. The van der Waals surface area contributed by atoms with Crippen LogP contribution in [-0.4, -0.2) is 49.0 Å². The van der Waals surface area contributed by atoms with Gasteiger partial charge in [-0.1, -0.05) is 11.6 Å². The third kappa shape index (κ3) is 5.19. The Morgan fingerprint density at radius 1 is 1.38 bits per heavy atom. The van der Waals surface area contributed by atoms with Crippen LogP contribution in [0.4, 0.5) is 18.9 Å². The molecule has 1 aromatic rings. The summed E-state index contributed by atoms with van der Waals surface area (Å²) < 4.78 is 64.5. The molecule has 4 N–H and O–H groups in total. The van der Waals surface area contributed by atoms with Crippen LogP contribution >= 0.6 is 34.2 Å². The van der Waals surface area contributed by atoms with Gasteiger partial charge in [-0.2, -0.15) is 13.2 Å². The fourth-order valence-electron chi connectivity index (χ4n) is 1.52. The van der Waals surface area contributed by atoms with E-state index in [0.717, 1.165) is 12.1 Å². The van der Waals surface area contributed by atoms with Crippen molar-refractivity contribution < 1.29 is 36.6 Å². The largest absolute Gasteiger partial charge is 0.426 e. The average Bonchev–Trinajstić information content (AvgIpc) is 2.48. The number of nitrogens with one attached hydrogen (secondary N) is 2. The van der Waals surface area contributed by atoms with E-state index in [1.54, 1.807) is 22.6 Å². The number of hydrogen-bond acceptors (Lipinski definition) is 5. The van der Waals surface area contributed by atoms with E-state index in [-0.39, 0.29) is 32.6 Å². The van der Waals surface area contributed by atoms with Gasteiger partial charge in [0.2, 0.25) is 15.6 Å². The molecule has 26 heavy (non-hydrogen) atoms. The molecule has 0 aliphatic heterocycles. The summed E-state index contributed by atoms with van der Waals surface area (Å²) in [6.45, 7) is 1.38. The van der Waals surface area contributed by atoms with E-state index in [0.29, 0.717) is 0 Å². The average molecular weight is 531 g/mol. The first kappa shape index (κ1) is 23.4. The lowest BCUT2D eigenvalue weighted by Crippen LogP contribution is -2.52. The number of hydrogen-bond donors (Lipinski definition) is 4. The summed E-state index contributed by atoms with van der Waals surface area (Å²) in [6, 6.07) is 2.02. The summed E-state index contributed by atoms with van der Waals surface area (Å²) in [5, 5.41) is 20.0. The molecule has 0 saturated carbocycles. The Morgan fingerprint density at radius 2 is 1.92 bits per heavy atom. The predicted molar refractivity (Wildman–Crippen MR) is 96.3 cm³/mol. The molecular weight excluding hydrogens is 516 g/mol. The maximum atomic E-state index is 12.7. The molecule has 7 nitrogen and oxygen atoms in total. The molecule has 0 fully saturated rings. The molecule has 0 aliphatic rings. The number of alkyl halides is 3. The summed E-state index contributed by atoms with van der Waals surface area (Å²) in [6.07, 6.45) is -6.16. The van der Waals surface area contributed by atoms with Gasteiger partial charge in [-0.15, -0.1) is 0 Å². The van der Waals surface area contributed by atoms with Gasteiger partial charge in [0.15, 0.2) is 0 Å². The fourth-order valence-corrected chi connectivity index (χ4v) is 4.33. The Labute approximate surface area is 166 Å². The van der Waals surface area contributed by atoms with E-state index in [4.69, 9.17) is 16.7 Å². The van der Waals surface area contributed by atoms with E-state index in [2.05, 4.69) is 4.72 Å². The first-order chi connectivity index (χ1) is 11.6. The number of carbonyl (C=O) groups excluding carboxylic acids is 1. The number of sulfonamides is 1. The van der Waals surface area contributed by atoms with Crippen LogP contribution in [0.25, 0.3) is 0 Å². The number of carbonyl (C=O) groups is 1. The monoisotopic (exact) mass is 530 g/mol. The molecule has 13 heteroatoms. The van der Waals surface area contributed by atoms with Crippen molar-refractivity contribution in [3.63, 3.8) is 0 Å². The molecule has 0 bridgehead atoms. The fraction of sp³-hybridized carbons (Fsp3) is 0.462. The summed E-state index contributed by atoms with van der Waals surface area (Å²) >= 11 is 7.50. The summed E-state index contributed by atoms with van der Waals surface area (Å²) in [7, 11) is -4.05. The Morgan fingerprint density at radius 3 is 2.38 bits per heavy atom. The van der Waals surface area contributed by atoms with Crippen LogP contribution in [0.5, 0.6) is 0 Å². The van der Waals surface area contributed by atoms with Crippen molar-refractivity contribution in [3.8, 4) is 0 Å². The van der Waals surface area contributed by atoms with Crippen LogP contribution in [0.15, 0.2) is 17.0 Å². The van der Waals surface area contributed by atoms with Gasteiger partial charge < -0.3 is 15.5 Å². The molecule has 1 amide bonds.